The standard InChI is InChI=1S/C57H41N3OS2/c1-3-16-34(4-2)55-58-56(35-17-6-5-7-18-35)60-57(59-55)37-20-12-19-36(31-37)39-23-15-28-48-51(39)47-33-38(40-24-13-25-43-41-21-8-10-29-49(41)62-53(40)43)32-46(52(47)61-48)45-27-14-26-44-42-22-9-11-30-50(42)63-54(44)45/h3-8,10-21,23-33,55H,9,22H2,1-2H3,(H,58,59,60)/b16-3-,34-4+. The van der Waals surface area contributed by atoms with Gasteiger partial charge in [0.1, 0.15) is 23.2 Å². The molecule has 1 unspecified atom stereocenters. The van der Waals surface area contributed by atoms with Crippen LogP contribution in [0.3, 0.4) is 0 Å². The Morgan fingerprint density at radius 3 is 2.29 bits per heavy atom. The number of hydrogen-bond donors (Lipinski definition) is 1. The number of thiophene rings is 2. The summed E-state index contributed by atoms with van der Waals surface area (Å²) in [4.78, 5) is 11.6. The number of nitrogens with zero attached hydrogens (tertiary/aromatic N) is 2. The van der Waals surface area contributed by atoms with E-state index in [4.69, 9.17) is 14.4 Å². The summed E-state index contributed by atoms with van der Waals surface area (Å²) in [6.45, 7) is 4.10. The maximum atomic E-state index is 7.09. The van der Waals surface area contributed by atoms with Crippen molar-refractivity contribution in [2.75, 3.05) is 0 Å². The average Bonchev–Trinajstić information content (AvgIpc) is 4.05. The van der Waals surface area contributed by atoms with Crippen LogP contribution in [0.25, 0.3) is 91.7 Å². The molecular weight excluding hydrogens is 807 g/mol. The number of aliphatic imine (C=N–C) groups is 2. The monoisotopic (exact) mass is 847 g/mol. The molecule has 1 aliphatic heterocycles. The van der Waals surface area contributed by atoms with Crippen LogP contribution in [0.4, 0.5) is 0 Å². The minimum Gasteiger partial charge on any atom is -0.455 e. The molecule has 1 atom stereocenters. The molecule has 0 amide bonds. The molecule has 0 spiro atoms. The Bertz CT molecular complexity index is 3630. The number of amidine groups is 2. The first-order valence-corrected chi connectivity index (χ1v) is 23.3. The molecule has 0 fully saturated rings. The zero-order valence-electron chi connectivity index (χ0n) is 34.9. The first kappa shape index (κ1) is 37.6. The van der Waals surface area contributed by atoms with Crippen molar-refractivity contribution in [3.05, 3.63) is 197 Å². The summed E-state index contributed by atoms with van der Waals surface area (Å²) in [5.74, 6) is 1.49. The summed E-state index contributed by atoms with van der Waals surface area (Å²) in [5, 5.41) is 9.82. The molecule has 0 saturated heterocycles. The first-order valence-electron chi connectivity index (χ1n) is 21.6. The van der Waals surface area contributed by atoms with E-state index in [2.05, 4.69) is 170 Å². The third-order valence-corrected chi connectivity index (χ3v) is 15.0. The molecule has 4 heterocycles. The molecule has 63 heavy (non-hydrogen) atoms. The highest BCUT2D eigenvalue weighted by Crippen LogP contribution is 2.48. The number of hydrogen-bond acceptors (Lipinski definition) is 6. The fourth-order valence-corrected chi connectivity index (χ4v) is 12.1. The number of fused-ring (bicyclic) bond motifs is 9. The lowest BCUT2D eigenvalue weighted by molar-refractivity contribution is 0.670. The molecule has 1 N–H and O–H groups in total. The number of benzene rings is 7. The van der Waals surface area contributed by atoms with Crippen molar-refractivity contribution >= 4 is 92.6 Å². The van der Waals surface area contributed by atoms with Crippen LogP contribution < -0.4 is 5.32 Å². The zero-order chi connectivity index (χ0) is 42.0. The molecule has 0 saturated carbocycles. The summed E-state index contributed by atoms with van der Waals surface area (Å²) in [6, 6.07) is 52.5. The van der Waals surface area contributed by atoms with Crippen molar-refractivity contribution in [3.63, 3.8) is 0 Å². The average molecular weight is 848 g/mol. The van der Waals surface area contributed by atoms with Crippen LogP contribution in [-0.4, -0.2) is 17.8 Å². The fraction of sp³-hybridized carbons (Fsp3) is 0.0877. The number of furan rings is 1. The second-order valence-electron chi connectivity index (χ2n) is 16.2. The summed E-state index contributed by atoms with van der Waals surface area (Å²) in [6.07, 6.45) is 12.8. The van der Waals surface area contributed by atoms with Crippen LogP contribution in [0.5, 0.6) is 0 Å². The predicted octanol–water partition coefficient (Wildman–Crippen LogP) is 15.8. The van der Waals surface area contributed by atoms with Gasteiger partial charge in [-0.25, -0.2) is 9.98 Å². The number of rotatable bonds is 7. The number of allylic oxidation sites excluding steroid dienone is 3. The summed E-state index contributed by atoms with van der Waals surface area (Å²) >= 11 is 3.78. The predicted molar refractivity (Wildman–Crippen MR) is 271 cm³/mol. The van der Waals surface area contributed by atoms with E-state index in [0.717, 1.165) is 74.0 Å². The van der Waals surface area contributed by atoms with Crippen molar-refractivity contribution < 1.29 is 4.42 Å². The normalized spacial score (nSPS) is 15.5. The van der Waals surface area contributed by atoms with Gasteiger partial charge in [-0.15, -0.1) is 22.7 Å². The molecule has 2 aliphatic rings. The molecule has 7 aromatic carbocycles. The molecule has 12 rings (SSSR count). The van der Waals surface area contributed by atoms with E-state index < -0.39 is 0 Å². The second kappa shape index (κ2) is 15.3. The van der Waals surface area contributed by atoms with Crippen molar-refractivity contribution in [2.24, 2.45) is 9.98 Å². The molecule has 3 aromatic heterocycles. The summed E-state index contributed by atoms with van der Waals surface area (Å²) in [5.41, 5.74) is 13.2. The number of aryl methyl sites for hydroxylation is 1. The molecule has 1 aliphatic carbocycles. The molecular formula is C57H41N3OS2. The summed E-state index contributed by atoms with van der Waals surface area (Å²) < 4.78 is 11.0. The third-order valence-electron chi connectivity index (χ3n) is 12.5. The topological polar surface area (TPSA) is 49.9 Å². The van der Waals surface area contributed by atoms with E-state index in [1.54, 1.807) is 0 Å². The Morgan fingerprint density at radius 2 is 1.40 bits per heavy atom. The highest BCUT2D eigenvalue weighted by Gasteiger charge is 2.25. The fourth-order valence-electron chi connectivity index (χ4n) is 9.57. The van der Waals surface area contributed by atoms with Crippen molar-refractivity contribution in [1.29, 1.82) is 0 Å². The highest BCUT2D eigenvalue weighted by molar-refractivity contribution is 7.26. The Hall–Kier alpha value is -7.12. The van der Waals surface area contributed by atoms with E-state index in [1.807, 2.05) is 47.8 Å². The van der Waals surface area contributed by atoms with E-state index >= 15 is 0 Å². The Morgan fingerprint density at radius 1 is 0.651 bits per heavy atom. The van der Waals surface area contributed by atoms with Crippen LogP contribution in [0.2, 0.25) is 0 Å². The van der Waals surface area contributed by atoms with Gasteiger partial charge in [0.05, 0.1) is 0 Å². The van der Waals surface area contributed by atoms with Crippen molar-refractivity contribution in [2.45, 2.75) is 32.9 Å². The molecule has 4 nitrogen and oxygen atoms in total. The maximum Gasteiger partial charge on any atom is 0.159 e. The van der Waals surface area contributed by atoms with Crippen LogP contribution in [0.1, 0.15) is 41.8 Å². The van der Waals surface area contributed by atoms with Crippen LogP contribution in [0.15, 0.2) is 190 Å². The van der Waals surface area contributed by atoms with Crippen molar-refractivity contribution in [3.8, 4) is 33.4 Å². The molecule has 10 aromatic rings. The van der Waals surface area contributed by atoms with E-state index in [9.17, 15) is 0 Å². The molecule has 6 heteroatoms. The lowest BCUT2D eigenvalue weighted by atomic mass is 9.92. The second-order valence-corrected chi connectivity index (χ2v) is 18.3. The molecule has 302 valence electrons. The van der Waals surface area contributed by atoms with Gasteiger partial charge in [0.15, 0.2) is 5.84 Å². The Kier molecular flexibility index (Phi) is 9.17. The first-order chi connectivity index (χ1) is 31.1. The van der Waals surface area contributed by atoms with Gasteiger partial charge in [0.2, 0.25) is 0 Å². The lowest BCUT2D eigenvalue weighted by Gasteiger charge is -2.24. The van der Waals surface area contributed by atoms with Gasteiger partial charge in [0.25, 0.3) is 0 Å². The van der Waals surface area contributed by atoms with E-state index in [0.29, 0.717) is 5.84 Å². The van der Waals surface area contributed by atoms with E-state index in [1.165, 1.54) is 57.4 Å². The van der Waals surface area contributed by atoms with Gasteiger partial charge < -0.3 is 9.73 Å². The smallest absolute Gasteiger partial charge is 0.159 e. The highest BCUT2D eigenvalue weighted by atomic mass is 32.1. The van der Waals surface area contributed by atoms with Gasteiger partial charge in [-0.2, -0.15) is 0 Å². The SMILES string of the molecule is C/C=C\C(=C/C)C1N=C(c2ccccc2)N=C(c2cccc(-c3cccc4oc5c(-c6cccc7c8c(sc67)C=CCC8)cc(-c6cccc7c6sc6ccccc67)cc5c34)c2)N1. The minimum absolute atomic E-state index is 0.282. The largest absolute Gasteiger partial charge is 0.455 e. The van der Waals surface area contributed by atoms with E-state index in [-0.39, 0.29) is 6.17 Å². The van der Waals surface area contributed by atoms with Gasteiger partial charge in [0, 0.05) is 62.8 Å². The van der Waals surface area contributed by atoms with Gasteiger partial charge >= 0.3 is 0 Å². The molecule has 0 bridgehead atoms. The van der Waals surface area contributed by atoms with Crippen LogP contribution in [-0.2, 0) is 6.42 Å². The third kappa shape index (κ3) is 6.32. The maximum absolute atomic E-state index is 7.09. The molecule has 0 radical (unpaired) electrons. The zero-order valence-corrected chi connectivity index (χ0v) is 36.5. The number of nitrogens with one attached hydrogen (secondary N) is 1. The summed E-state index contributed by atoms with van der Waals surface area (Å²) in [7, 11) is 0. The van der Waals surface area contributed by atoms with Crippen LogP contribution in [0, 0.1) is 0 Å². The quantitative estimate of drug-likeness (QED) is 0.162. The Labute approximate surface area is 373 Å². The lowest BCUT2D eigenvalue weighted by Crippen LogP contribution is -2.39. The van der Waals surface area contributed by atoms with Crippen molar-refractivity contribution in [1.82, 2.24) is 5.32 Å². The Balaban J connectivity index is 1.08. The van der Waals surface area contributed by atoms with Gasteiger partial charge in [-0.3, -0.25) is 0 Å². The van der Waals surface area contributed by atoms with Gasteiger partial charge in [-0.1, -0.05) is 140 Å². The van der Waals surface area contributed by atoms with Crippen LogP contribution >= 0.6 is 22.7 Å². The van der Waals surface area contributed by atoms with Gasteiger partial charge in [-0.05, 0) is 102 Å². The minimum atomic E-state index is -0.282.